The van der Waals surface area contributed by atoms with Gasteiger partial charge in [0.15, 0.2) is 11.6 Å². The van der Waals surface area contributed by atoms with Crippen molar-refractivity contribution in [2.45, 2.75) is 12.0 Å². The molecule has 0 bridgehead atoms. The lowest BCUT2D eigenvalue weighted by Gasteiger charge is -2.23. The number of aliphatic hydroxyl groups excluding tert-OH is 1. The Balaban J connectivity index is 0.00000256. The van der Waals surface area contributed by atoms with Gasteiger partial charge in [0.2, 0.25) is 0 Å². The first kappa shape index (κ1) is 16.0. The third kappa shape index (κ3) is 3.24. The van der Waals surface area contributed by atoms with Crippen molar-refractivity contribution in [2.75, 3.05) is 13.7 Å². The van der Waals surface area contributed by atoms with E-state index in [0.717, 1.165) is 13.2 Å². The van der Waals surface area contributed by atoms with Gasteiger partial charge < -0.3 is 15.6 Å². The molecule has 1 aromatic carbocycles. The largest absolute Gasteiger partial charge is 0.493 e. The number of aliphatic hydroxyl groups is 1. The summed E-state index contributed by atoms with van der Waals surface area (Å²) in [6.45, 7) is -1.41. The lowest BCUT2D eigenvalue weighted by molar-refractivity contribution is -0.0716. The van der Waals surface area contributed by atoms with E-state index in [-0.39, 0.29) is 23.7 Å². The summed E-state index contributed by atoms with van der Waals surface area (Å²) < 4.78 is 44.1. The Morgan fingerprint density at radius 3 is 2.53 bits per heavy atom. The number of rotatable bonds is 4. The molecular formula is C10H13ClF3NO2. The molecule has 0 aliphatic rings. The Morgan fingerprint density at radius 2 is 2.06 bits per heavy atom. The Labute approximate surface area is 103 Å². The van der Waals surface area contributed by atoms with Gasteiger partial charge in [0, 0.05) is 5.56 Å². The van der Waals surface area contributed by atoms with Crippen molar-refractivity contribution in [2.24, 2.45) is 5.73 Å². The van der Waals surface area contributed by atoms with Crippen LogP contribution in [-0.4, -0.2) is 24.7 Å². The second-order valence-electron chi connectivity index (χ2n) is 3.26. The topological polar surface area (TPSA) is 55.5 Å². The molecule has 0 aliphatic heterocycles. The van der Waals surface area contributed by atoms with Crippen LogP contribution in [-0.2, 0) is 0 Å². The summed E-state index contributed by atoms with van der Waals surface area (Å²) in [5.74, 6) is -4.63. The molecule has 0 saturated heterocycles. The van der Waals surface area contributed by atoms with E-state index in [1.165, 1.54) is 12.1 Å². The van der Waals surface area contributed by atoms with Crippen molar-refractivity contribution in [3.63, 3.8) is 0 Å². The minimum atomic E-state index is -3.53. The fourth-order valence-electron chi connectivity index (χ4n) is 1.31. The molecule has 0 amide bonds. The van der Waals surface area contributed by atoms with Gasteiger partial charge in [-0.2, -0.15) is 0 Å². The van der Waals surface area contributed by atoms with Gasteiger partial charge in [-0.15, -0.1) is 12.4 Å². The zero-order valence-corrected chi connectivity index (χ0v) is 9.81. The maximum atomic E-state index is 13.2. The van der Waals surface area contributed by atoms with E-state index in [9.17, 15) is 13.2 Å². The number of methoxy groups -OCH3 is 1. The number of benzene rings is 1. The number of ether oxygens (including phenoxy) is 1. The van der Waals surface area contributed by atoms with E-state index in [4.69, 9.17) is 10.8 Å². The molecule has 0 aliphatic carbocycles. The average Bonchev–Trinajstić information content (AvgIpc) is 2.27. The van der Waals surface area contributed by atoms with Crippen molar-refractivity contribution < 1.29 is 23.0 Å². The van der Waals surface area contributed by atoms with E-state index in [1.54, 1.807) is 0 Å². The number of hydrogen-bond acceptors (Lipinski definition) is 3. The molecule has 0 heterocycles. The number of halogens is 4. The minimum absolute atomic E-state index is 0. The first-order valence-corrected chi connectivity index (χ1v) is 4.50. The second kappa shape index (κ2) is 6.09. The van der Waals surface area contributed by atoms with Crippen LogP contribution in [0.25, 0.3) is 0 Å². The number of alkyl halides is 2. The summed E-state index contributed by atoms with van der Waals surface area (Å²) in [4.78, 5) is 0. The maximum absolute atomic E-state index is 13.2. The van der Waals surface area contributed by atoms with Crippen LogP contribution >= 0.6 is 12.4 Å². The van der Waals surface area contributed by atoms with Gasteiger partial charge >= 0.3 is 0 Å². The fraction of sp³-hybridized carbons (Fsp3) is 0.400. The van der Waals surface area contributed by atoms with E-state index in [1.807, 2.05) is 0 Å². The normalized spacial score (nSPS) is 12.8. The maximum Gasteiger partial charge on any atom is 0.289 e. The van der Waals surface area contributed by atoms with Gasteiger partial charge in [-0.25, -0.2) is 13.2 Å². The third-order valence-electron chi connectivity index (χ3n) is 2.20. The van der Waals surface area contributed by atoms with Crippen LogP contribution in [0, 0.1) is 5.82 Å². The Kier molecular flexibility index (Phi) is 5.74. The molecule has 0 spiro atoms. The molecule has 0 saturated carbocycles. The van der Waals surface area contributed by atoms with Gasteiger partial charge in [0.05, 0.1) is 7.11 Å². The van der Waals surface area contributed by atoms with Crippen molar-refractivity contribution >= 4 is 12.4 Å². The molecule has 1 aromatic rings. The van der Waals surface area contributed by atoms with E-state index >= 15 is 0 Å². The smallest absolute Gasteiger partial charge is 0.289 e. The van der Waals surface area contributed by atoms with E-state index in [2.05, 4.69) is 4.74 Å². The van der Waals surface area contributed by atoms with Crippen LogP contribution in [0.5, 0.6) is 5.75 Å². The Bertz CT molecular complexity index is 377. The van der Waals surface area contributed by atoms with Gasteiger partial charge in [0.25, 0.3) is 5.92 Å². The predicted molar refractivity (Wildman–Crippen MR) is 59.2 cm³/mol. The second-order valence-corrected chi connectivity index (χ2v) is 3.26. The van der Waals surface area contributed by atoms with Crippen molar-refractivity contribution in [3.8, 4) is 5.75 Å². The zero-order chi connectivity index (χ0) is 12.3. The summed E-state index contributed by atoms with van der Waals surface area (Å²) in [5, 5.41) is 8.49. The van der Waals surface area contributed by atoms with E-state index < -0.39 is 24.4 Å². The first-order chi connectivity index (χ1) is 7.44. The van der Waals surface area contributed by atoms with Gasteiger partial charge in [-0.1, -0.05) is 12.1 Å². The summed E-state index contributed by atoms with van der Waals surface area (Å²) >= 11 is 0. The molecule has 0 radical (unpaired) electrons. The molecule has 17 heavy (non-hydrogen) atoms. The van der Waals surface area contributed by atoms with E-state index in [0.29, 0.717) is 0 Å². The van der Waals surface area contributed by atoms with Gasteiger partial charge in [0.1, 0.15) is 12.6 Å². The van der Waals surface area contributed by atoms with Crippen molar-refractivity contribution in [1.82, 2.24) is 0 Å². The highest BCUT2D eigenvalue weighted by Crippen LogP contribution is 2.35. The fourth-order valence-corrected chi connectivity index (χ4v) is 1.31. The highest BCUT2D eigenvalue weighted by molar-refractivity contribution is 5.85. The highest BCUT2D eigenvalue weighted by atomic mass is 35.5. The van der Waals surface area contributed by atoms with Gasteiger partial charge in [-0.05, 0) is 6.07 Å². The molecule has 0 unspecified atom stereocenters. The summed E-state index contributed by atoms with van der Waals surface area (Å²) in [6.07, 6.45) is 0. The third-order valence-corrected chi connectivity index (χ3v) is 2.20. The zero-order valence-electron chi connectivity index (χ0n) is 8.99. The number of hydrogen-bond donors (Lipinski definition) is 2. The van der Waals surface area contributed by atoms with Crippen molar-refractivity contribution in [3.05, 3.63) is 29.6 Å². The van der Waals surface area contributed by atoms with Crippen LogP contribution in [0.15, 0.2) is 18.2 Å². The highest BCUT2D eigenvalue weighted by Gasteiger charge is 2.39. The molecule has 1 rings (SSSR count). The Morgan fingerprint density at radius 1 is 1.47 bits per heavy atom. The molecule has 1 atom stereocenters. The molecule has 7 heteroatoms. The molecule has 0 fully saturated rings. The SMILES string of the molecule is COc1c(F)cccc1[C@H](N)C(F)(F)CO.Cl. The first-order valence-electron chi connectivity index (χ1n) is 4.50. The minimum Gasteiger partial charge on any atom is -0.493 e. The Hall–Kier alpha value is -0.980. The average molecular weight is 272 g/mol. The summed E-state index contributed by atoms with van der Waals surface area (Å²) in [5.41, 5.74) is 5.09. The van der Waals surface area contributed by atoms with Crippen LogP contribution in [0.2, 0.25) is 0 Å². The van der Waals surface area contributed by atoms with Crippen LogP contribution < -0.4 is 10.5 Å². The standard InChI is InChI=1S/C10H12F3NO2.ClH/c1-16-8-6(3-2-4-7(8)11)9(14)10(12,13)5-15;/h2-4,9,15H,5,14H2,1H3;1H/t9-;/m0./s1. The lowest BCUT2D eigenvalue weighted by Crippen LogP contribution is -2.36. The predicted octanol–water partition coefficient (Wildman–Crippen LogP) is 1.88. The molecular weight excluding hydrogens is 259 g/mol. The molecule has 0 aromatic heterocycles. The lowest BCUT2D eigenvalue weighted by atomic mass is 10.0. The quantitative estimate of drug-likeness (QED) is 0.879. The van der Waals surface area contributed by atoms with Crippen LogP contribution in [0.1, 0.15) is 11.6 Å². The van der Waals surface area contributed by atoms with Gasteiger partial charge in [-0.3, -0.25) is 0 Å². The van der Waals surface area contributed by atoms with Crippen LogP contribution in [0.4, 0.5) is 13.2 Å². The molecule has 3 nitrogen and oxygen atoms in total. The monoisotopic (exact) mass is 271 g/mol. The molecule has 3 N–H and O–H groups in total. The number of para-hydroxylation sites is 1. The van der Waals surface area contributed by atoms with Crippen LogP contribution in [0.3, 0.4) is 0 Å². The number of nitrogens with two attached hydrogens (primary N) is 1. The van der Waals surface area contributed by atoms with Crippen molar-refractivity contribution in [1.29, 1.82) is 0 Å². The summed E-state index contributed by atoms with van der Waals surface area (Å²) in [6, 6.07) is 1.74. The molecule has 98 valence electrons. The summed E-state index contributed by atoms with van der Waals surface area (Å²) in [7, 11) is 1.16.